The van der Waals surface area contributed by atoms with E-state index in [1.165, 1.54) is 11.8 Å². The van der Waals surface area contributed by atoms with Crippen LogP contribution in [0.3, 0.4) is 0 Å². The third-order valence-corrected chi connectivity index (χ3v) is 3.99. The van der Waals surface area contributed by atoms with Crippen molar-refractivity contribution in [2.24, 2.45) is 5.10 Å². The number of hydrazone groups is 1. The van der Waals surface area contributed by atoms with Crippen molar-refractivity contribution in [1.82, 2.24) is 10.2 Å². The van der Waals surface area contributed by atoms with Crippen LogP contribution in [0.2, 0.25) is 5.02 Å². The molecule has 0 aliphatic carbocycles. The third-order valence-electron chi connectivity index (χ3n) is 3.62. The first-order valence-corrected chi connectivity index (χ1v) is 8.31. The Labute approximate surface area is 155 Å². The Hall–Kier alpha value is -3.12. The summed E-state index contributed by atoms with van der Waals surface area (Å²) in [5.74, 6) is 0.703. The number of hydrogen-bond acceptors (Lipinski definition) is 5. The van der Waals surface area contributed by atoms with Crippen LogP contribution in [0.4, 0.5) is 5.69 Å². The van der Waals surface area contributed by atoms with Gasteiger partial charge in [-0.2, -0.15) is 10.2 Å². The lowest BCUT2D eigenvalue weighted by Gasteiger charge is -2.09. The van der Waals surface area contributed by atoms with E-state index in [9.17, 15) is 4.79 Å². The standard InChI is InChI=1S/C19H17ClN4O2/c1-13-6-8-14(9-7-13)12-26-17-5-3-2-4-15(17)10-21-23-16-11-22-24-19(25)18(16)20/h2-11H,12H2,1H3,(H2,23,24,25)/b21-10-. The summed E-state index contributed by atoms with van der Waals surface area (Å²) < 4.78 is 5.90. The molecule has 1 aromatic heterocycles. The molecule has 0 saturated heterocycles. The maximum absolute atomic E-state index is 11.4. The third kappa shape index (κ3) is 4.49. The second-order valence-electron chi connectivity index (χ2n) is 5.61. The van der Waals surface area contributed by atoms with Gasteiger partial charge in [0.1, 0.15) is 23.1 Å². The summed E-state index contributed by atoms with van der Waals surface area (Å²) in [5.41, 5.74) is 5.64. The van der Waals surface area contributed by atoms with Gasteiger partial charge in [0.2, 0.25) is 0 Å². The molecule has 0 fully saturated rings. The molecule has 26 heavy (non-hydrogen) atoms. The van der Waals surface area contributed by atoms with Gasteiger partial charge in [0.15, 0.2) is 0 Å². The fourth-order valence-corrected chi connectivity index (χ4v) is 2.33. The minimum Gasteiger partial charge on any atom is -0.488 e. The molecule has 0 unspecified atom stereocenters. The molecule has 0 aliphatic heterocycles. The molecule has 0 atom stereocenters. The zero-order valence-corrected chi connectivity index (χ0v) is 14.8. The van der Waals surface area contributed by atoms with Crippen molar-refractivity contribution in [2.75, 3.05) is 5.43 Å². The molecule has 2 aromatic carbocycles. The Balaban J connectivity index is 1.69. The average molecular weight is 369 g/mol. The van der Waals surface area contributed by atoms with Gasteiger partial charge >= 0.3 is 0 Å². The molecule has 1 heterocycles. The first-order chi connectivity index (χ1) is 12.6. The number of halogens is 1. The van der Waals surface area contributed by atoms with E-state index in [1.54, 1.807) is 6.21 Å². The number of nitrogens with zero attached hydrogens (tertiary/aromatic N) is 2. The molecular weight excluding hydrogens is 352 g/mol. The second kappa shape index (κ2) is 8.31. The second-order valence-corrected chi connectivity index (χ2v) is 5.99. The van der Waals surface area contributed by atoms with E-state index in [1.807, 2.05) is 43.3 Å². The van der Waals surface area contributed by atoms with E-state index >= 15 is 0 Å². The molecular formula is C19H17ClN4O2. The minimum absolute atomic E-state index is 0.000978. The quantitative estimate of drug-likeness (QED) is 0.513. The zero-order valence-electron chi connectivity index (χ0n) is 14.1. The molecule has 3 rings (SSSR count). The fourth-order valence-electron chi connectivity index (χ4n) is 2.20. The van der Waals surface area contributed by atoms with Crippen LogP contribution in [0.1, 0.15) is 16.7 Å². The number of nitrogens with one attached hydrogen (secondary N) is 2. The predicted molar refractivity (Wildman–Crippen MR) is 103 cm³/mol. The van der Waals surface area contributed by atoms with E-state index < -0.39 is 5.56 Å². The van der Waals surface area contributed by atoms with Gasteiger partial charge in [0.05, 0.1) is 12.4 Å². The summed E-state index contributed by atoms with van der Waals surface area (Å²) in [6, 6.07) is 15.7. The highest BCUT2D eigenvalue weighted by Crippen LogP contribution is 2.19. The predicted octanol–water partition coefficient (Wildman–Crippen LogP) is 3.76. The fraction of sp³-hybridized carbons (Fsp3) is 0.105. The summed E-state index contributed by atoms with van der Waals surface area (Å²) in [6.07, 6.45) is 2.99. The van der Waals surface area contributed by atoms with Gasteiger partial charge < -0.3 is 4.74 Å². The molecule has 0 radical (unpaired) electrons. The van der Waals surface area contributed by atoms with Crippen LogP contribution >= 0.6 is 11.6 Å². The lowest BCUT2D eigenvalue weighted by atomic mass is 10.1. The summed E-state index contributed by atoms with van der Waals surface area (Å²) in [7, 11) is 0. The first-order valence-electron chi connectivity index (χ1n) is 7.93. The molecule has 0 bridgehead atoms. The number of hydrogen-bond donors (Lipinski definition) is 2. The van der Waals surface area contributed by atoms with Crippen LogP contribution < -0.4 is 15.7 Å². The highest BCUT2D eigenvalue weighted by molar-refractivity contribution is 6.32. The molecule has 0 aliphatic rings. The van der Waals surface area contributed by atoms with Crippen molar-refractivity contribution in [3.05, 3.63) is 86.8 Å². The van der Waals surface area contributed by atoms with Crippen molar-refractivity contribution >= 4 is 23.5 Å². The summed E-state index contributed by atoms with van der Waals surface area (Å²) >= 11 is 5.89. The minimum atomic E-state index is -0.478. The topological polar surface area (TPSA) is 79.4 Å². The number of ether oxygens (including phenoxy) is 1. The molecule has 7 heteroatoms. The van der Waals surface area contributed by atoms with Crippen molar-refractivity contribution < 1.29 is 4.74 Å². The van der Waals surface area contributed by atoms with Gasteiger partial charge in [-0.15, -0.1) is 0 Å². The molecule has 3 aromatic rings. The van der Waals surface area contributed by atoms with E-state index in [2.05, 4.69) is 32.9 Å². The SMILES string of the molecule is Cc1ccc(COc2ccccc2/C=N\Nc2cn[nH]c(=O)c2Cl)cc1. The Kier molecular flexibility index (Phi) is 5.66. The van der Waals surface area contributed by atoms with Gasteiger partial charge in [-0.3, -0.25) is 10.2 Å². The Morgan fingerprint density at radius 1 is 1.23 bits per heavy atom. The first kappa shape index (κ1) is 17.7. The number of aromatic amines is 1. The van der Waals surface area contributed by atoms with Gasteiger partial charge in [0.25, 0.3) is 5.56 Å². The Morgan fingerprint density at radius 2 is 2.00 bits per heavy atom. The van der Waals surface area contributed by atoms with Gasteiger partial charge in [-0.25, -0.2) is 5.10 Å². The molecule has 0 saturated carbocycles. The average Bonchev–Trinajstić information content (AvgIpc) is 2.65. The smallest absolute Gasteiger partial charge is 0.285 e. The highest BCUT2D eigenvalue weighted by Gasteiger charge is 2.04. The van der Waals surface area contributed by atoms with Gasteiger partial charge in [-0.05, 0) is 24.6 Å². The summed E-state index contributed by atoms with van der Waals surface area (Å²) in [5, 5.41) is 10.0. The molecule has 2 N–H and O–H groups in total. The Bertz CT molecular complexity index is 968. The van der Waals surface area contributed by atoms with E-state index in [0.717, 1.165) is 11.1 Å². The lowest BCUT2D eigenvalue weighted by Crippen LogP contribution is -2.10. The number of aryl methyl sites for hydroxylation is 1. The van der Waals surface area contributed by atoms with Crippen LogP contribution in [-0.2, 0) is 6.61 Å². The van der Waals surface area contributed by atoms with Crippen LogP contribution in [-0.4, -0.2) is 16.4 Å². The van der Waals surface area contributed by atoms with Crippen LogP contribution in [0, 0.1) is 6.92 Å². The molecule has 132 valence electrons. The molecule has 0 amide bonds. The van der Waals surface area contributed by atoms with Crippen molar-refractivity contribution in [1.29, 1.82) is 0 Å². The number of H-pyrrole nitrogens is 1. The number of aromatic nitrogens is 2. The van der Waals surface area contributed by atoms with Gasteiger partial charge in [-0.1, -0.05) is 53.6 Å². The van der Waals surface area contributed by atoms with Crippen LogP contribution in [0.5, 0.6) is 5.75 Å². The van der Waals surface area contributed by atoms with Crippen LogP contribution in [0.15, 0.2) is 64.6 Å². The molecule has 0 spiro atoms. The largest absolute Gasteiger partial charge is 0.488 e. The van der Waals surface area contributed by atoms with Gasteiger partial charge in [0, 0.05) is 5.56 Å². The normalized spacial score (nSPS) is 10.8. The Morgan fingerprint density at radius 3 is 2.81 bits per heavy atom. The number of anilines is 1. The van der Waals surface area contributed by atoms with E-state index in [-0.39, 0.29) is 5.02 Å². The van der Waals surface area contributed by atoms with Crippen LogP contribution in [0.25, 0.3) is 0 Å². The van der Waals surface area contributed by atoms with Crippen molar-refractivity contribution in [3.63, 3.8) is 0 Å². The van der Waals surface area contributed by atoms with Crippen molar-refractivity contribution in [3.8, 4) is 5.75 Å². The highest BCUT2D eigenvalue weighted by atomic mass is 35.5. The van der Waals surface area contributed by atoms with E-state index in [0.29, 0.717) is 18.0 Å². The number of benzene rings is 2. The monoisotopic (exact) mass is 368 g/mol. The molecule has 6 nitrogen and oxygen atoms in total. The van der Waals surface area contributed by atoms with Crippen molar-refractivity contribution in [2.45, 2.75) is 13.5 Å². The maximum Gasteiger partial charge on any atom is 0.285 e. The number of para-hydroxylation sites is 1. The number of rotatable bonds is 6. The lowest BCUT2D eigenvalue weighted by molar-refractivity contribution is 0.306. The summed E-state index contributed by atoms with van der Waals surface area (Å²) in [4.78, 5) is 11.4. The maximum atomic E-state index is 11.4. The zero-order chi connectivity index (χ0) is 18.4. The summed E-state index contributed by atoms with van der Waals surface area (Å²) in [6.45, 7) is 2.51. The van der Waals surface area contributed by atoms with E-state index in [4.69, 9.17) is 16.3 Å².